The number of aliphatic carboxylic acids is 1. The molecule has 1 aliphatic rings. The Kier molecular flexibility index (Phi) is 3.78. The smallest absolute Gasteiger partial charge is 0.306 e. The zero-order valence-electron chi connectivity index (χ0n) is 10.7. The maximum absolute atomic E-state index is 14.2. The Balaban J connectivity index is 2.42. The van der Waals surface area contributed by atoms with Gasteiger partial charge in [-0.15, -0.1) is 0 Å². The molecule has 6 heteroatoms. The van der Waals surface area contributed by atoms with Gasteiger partial charge in [0.15, 0.2) is 11.5 Å². The predicted octanol–water partition coefficient (Wildman–Crippen LogP) is 1.87. The average molecular weight is 270 g/mol. The number of carbonyl (C=O) groups is 1. The molecule has 2 rings (SSSR count). The van der Waals surface area contributed by atoms with Gasteiger partial charge in [0.05, 0.1) is 13.0 Å². The molecule has 1 unspecified atom stereocenters. The fourth-order valence-electron chi connectivity index (χ4n) is 1.97. The average Bonchev–Trinajstić information content (AvgIpc) is 2.39. The van der Waals surface area contributed by atoms with Crippen LogP contribution in [0.4, 0.5) is 4.39 Å². The number of carboxylic acid groups (broad SMARTS) is 1. The van der Waals surface area contributed by atoms with E-state index in [1.165, 1.54) is 7.11 Å². The molecule has 0 radical (unpaired) electrons. The highest BCUT2D eigenvalue weighted by Gasteiger charge is 2.25. The summed E-state index contributed by atoms with van der Waals surface area (Å²) in [5.74, 6) is -1.91. The Bertz CT molecular complexity index is 500. The second-order valence-electron chi connectivity index (χ2n) is 4.35. The summed E-state index contributed by atoms with van der Waals surface area (Å²) in [4.78, 5) is 10.9. The number of ether oxygens (including phenoxy) is 3. The highest BCUT2D eigenvalue weighted by Crippen LogP contribution is 2.41. The standard InChI is InChI=1S/C13H15FO5/c1-7(13(15)16)5-8-6-9-12(19-4-3-18-9)10(14)11(8)17-2/h6-7H,3-5H2,1-2H3,(H,15,16). The van der Waals surface area contributed by atoms with Crippen molar-refractivity contribution in [2.45, 2.75) is 13.3 Å². The number of fused-ring (bicyclic) bond motifs is 1. The van der Waals surface area contributed by atoms with E-state index in [-0.39, 0.29) is 30.3 Å². The van der Waals surface area contributed by atoms with Gasteiger partial charge in [-0.1, -0.05) is 6.92 Å². The van der Waals surface area contributed by atoms with E-state index >= 15 is 0 Å². The third kappa shape index (κ3) is 2.57. The van der Waals surface area contributed by atoms with Crippen LogP contribution in [-0.4, -0.2) is 31.4 Å². The minimum atomic E-state index is -0.947. The molecule has 1 aliphatic heterocycles. The summed E-state index contributed by atoms with van der Waals surface area (Å²) in [6, 6.07) is 1.58. The van der Waals surface area contributed by atoms with Gasteiger partial charge in [0, 0.05) is 5.56 Å². The number of carboxylic acids is 1. The number of methoxy groups -OCH3 is 1. The molecular formula is C13H15FO5. The number of benzene rings is 1. The Morgan fingerprint density at radius 2 is 2.21 bits per heavy atom. The van der Waals surface area contributed by atoms with E-state index in [2.05, 4.69) is 0 Å². The van der Waals surface area contributed by atoms with Crippen molar-refractivity contribution in [2.75, 3.05) is 20.3 Å². The fourth-order valence-corrected chi connectivity index (χ4v) is 1.97. The summed E-state index contributed by atoms with van der Waals surface area (Å²) >= 11 is 0. The molecule has 19 heavy (non-hydrogen) atoms. The Morgan fingerprint density at radius 3 is 2.84 bits per heavy atom. The Morgan fingerprint density at radius 1 is 1.53 bits per heavy atom. The van der Waals surface area contributed by atoms with E-state index in [4.69, 9.17) is 19.3 Å². The van der Waals surface area contributed by atoms with Crippen molar-refractivity contribution in [1.29, 1.82) is 0 Å². The zero-order chi connectivity index (χ0) is 14.0. The number of halogens is 1. The van der Waals surface area contributed by atoms with Crippen molar-refractivity contribution in [1.82, 2.24) is 0 Å². The van der Waals surface area contributed by atoms with Gasteiger partial charge in [-0.3, -0.25) is 4.79 Å². The van der Waals surface area contributed by atoms with Crippen LogP contribution >= 0.6 is 0 Å². The van der Waals surface area contributed by atoms with E-state index in [1.54, 1.807) is 13.0 Å². The highest BCUT2D eigenvalue weighted by atomic mass is 19.1. The van der Waals surface area contributed by atoms with E-state index < -0.39 is 17.7 Å². The molecule has 1 aromatic carbocycles. The van der Waals surface area contributed by atoms with Crippen molar-refractivity contribution in [3.05, 3.63) is 17.4 Å². The summed E-state index contributed by atoms with van der Waals surface area (Å²) < 4.78 is 29.7. The normalized spacial score (nSPS) is 14.9. The van der Waals surface area contributed by atoms with Crippen LogP contribution in [0.1, 0.15) is 12.5 Å². The molecule has 1 N–H and O–H groups in total. The largest absolute Gasteiger partial charge is 0.493 e. The van der Waals surface area contributed by atoms with Crippen LogP contribution in [0, 0.1) is 11.7 Å². The molecule has 0 spiro atoms. The maximum atomic E-state index is 14.2. The zero-order valence-corrected chi connectivity index (χ0v) is 10.7. The summed E-state index contributed by atoms with van der Waals surface area (Å²) in [5, 5.41) is 8.92. The molecule has 1 heterocycles. The predicted molar refractivity (Wildman–Crippen MR) is 64.4 cm³/mol. The lowest BCUT2D eigenvalue weighted by Crippen LogP contribution is -2.18. The van der Waals surface area contributed by atoms with Gasteiger partial charge in [0.1, 0.15) is 13.2 Å². The van der Waals surface area contributed by atoms with Gasteiger partial charge in [-0.25, -0.2) is 0 Å². The molecular weight excluding hydrogens is 255 g/mol. The van der Waals surface area contributed by atoms with Crippen molar-refractivity contribution in [3.8, 4) is 17.2 Å². The van der Waals surface area contributed by atoms with Crippen LogP contribution in [0.5, 0.6) is 17.2 Å². The van der Waals surface area contributed by atoms with Gasteiger partial charge < -0.3 is 19.3 Å². The van der Waals surface area contributed by atoms with Gasteiger partial charge in [-0.2, -0.15) is 4.39 Å². The topological polar surface area (TPSA) is 65.0 Å². The van der Waals surface area contributed by atoms with Crippen LogP contribution in [0.3, 0.4) is 0 Å². The number of hydrogen-bond donors (Lipinski definition) is 1. The molecule has 5 nitrogen and oxygen atoms in total. The molecule has 0 bridgehead atoms. The lowest BCUT2D eigenvalue weighted by molar-refractivity contribution is -0.141. The molecule has 0 fully saturated rings. The summed E-state index contributed by atoms with van der Waals surface area (Å²) in [6.45, 7) is 2.17. The second-order valence-corrected chi connectivity index (χ2v) is 4.35. The highest BCUT2D eigenvalue weighted by molar-refractivity contribution is 5.70. The van der Waals surface area contributed by atoms with Crippen LogP contribution in [0.25, 0.3) is 0 Å². The minimum absolute atomic E-state index is 0.0114. The lowest BCUT2D eigenvalue weighted by atomic mass is 9.99. The van der Waals surface area contributed by atoms with E-state index in [1.807, 2.05) is 0 Å². The first-order valence-electron chi connectivity index (χ1n) is 5.92. The molecule has 0 saturated carbocycles. The quantitative estimate of drug-likeness (QED) is 0.904. The van der Waals surface area contributed by atoms with Crippen molar-refractivity contribution >= 4 is 5.97 Å². The van der Waals surface area contributed by atoms with E-state index in [0.29, 0.717) is 12.2 Å². The molecule has 0 amide bonds. The summed E-state index contributed by atoms with van der Waals surface area (Å²) in [5.41, 5.74) is 0.458. The van der Waals surface area contributed by atoms with Crippen LogP contribution in [0.15, 0.2) is 6.07 Å². The van der Waals surface area contributed by atoms with E-state index in [0.717, 1.165) is 0 Å². The van der Waals surface area contributed by atoms with Crippen LogP contribution in [0.2, 0.25) is 0 Å². The third-order valence-corrected chi connectivity index (χ3v) is 2.96. The molecule has 1 aromatic rings. The van der Waals surface area contributed by atoms with Gasteiger partial charge in [-0.05, 0) is 12.5 Å². The first-order valence-corrected chi connectivity index (χ1v) is 5.92. The van der Waals surface area contributed by atoms with E-state index in [9.17, 15) is 9.18 Å². The Labute approximate surface area is 109 Å². The third-order valence-electron chi connectivity index (χ3n) is 2.96. The maximum Gasteiger partial charge on any atom is 0.306 e. The number of hydrogen-bond acceptors (Lipinski definition) is 4. The summed E-state index contributed by atoms with van der Waals surface area (Å²) in [7, 11) is 1.34. The Hall–Kier alpha value is -1.98. The molecule has 1 atom stereocenters. The van der Waals surface area contributed by atoms with Gasteiger partial charge in [0.25, 0.3) is 0 Å². The van der Waals surface area contributed by atoms with Crippen molar-refractivity contribution < 1.29 is 28.5 Å². The fraction of sp³-hybridized carbons (Fsp3) is 0.462. The SMILES string of the molecule is COc1c(CC(C)C(=O)O)cc2c(c1F)OCCO2. The minimum Gasteiger partial charge on any atom is -0.493 e. The van der Waals surface area contributed by atoms with Gasteiger partial charge in [0.2, 0.25) is 11.6 Å². The first kappa shape index (κ1) is 13.5. The van der Waals surface area contributed by atoms with Crippen molar-refractivity contribution in [2.24, 2.45) is 5.92 Å². The first-order chi connectivity index (χ1) is 9.04. The molecule has 0 aliphatic carbocycles. The molecule has 104 valence electrons. The monoisotopic (exact) mass is 270 g/mol. The summed E-state index contributed by atoms with van der Waals surface area (Å²) in [6.07, 6.45) is 0.159. The molecule has 0 aromatic heterocycles. The van der Waals surface area contributed by atoms with Crippen molar-refractivity contribution in [3.63, 3.8) is 0 Å². The molecule has 0 saturated heterocycles. The lowest BCUT2D eigenvalue weighted by Gasteiger charge is -2.22. The van der Waals surface area contributed by atoms with Crippen LogP contribution in [-0.2, 0) is 11.2 Å². The number of rotatable bonds is 4. The van der Waals surface area contributed by atoms with Gasteiger partial charge >= 0.3 is 5.97 Å². The van der Waals surface area contributed by atoms with Crippen LogP contribution < -0.4 is 14.2 Å². The second kappa shape index (κ2) is 5.34.